The molecule has 1 atom stereocenters. The third kappa shape index (κ3) is 3.43. The lowest BCUT2D eigenvalue weighted by molar-refractivity contribution is 0.250. The minimum absolute atomic E-state index is 0.293. The van der Waals surface area contributed by atoms with E-state index in [4.69, 9.17) is 5.73 Å². The normalized spacial score (nSPS) is 12.7. The van der Waals surface area contributed by atoms with E-state index in [2.05, 4.69) is 18.8 Å². The summed E-state index contributed by atoms with van der Waals surface area (Å²) in [5, 5.41) is 0. The van der Waals surface area contributed by atoms with Gasteiger partial charge in [-0.3, -0.25) is 0 Å². The summed E-state index contributed by atoms with van der Waals surface area (Å²) in [7, 11) is 0. The van der Waals surface area contributed by atoms with E-state index in [0.717, 1.165) is 29.7 Å². The molecule has 0 saturated carbocycles. The molecule has 0 saturated heterocycles. The second kappa shape index (κ2) is 7.25. The van der Waals surface area contributed by atoms with Crippen molar-refractivity contribution in [1.29, 1.82) is 0 Å². The molecule has 0 radical (unpaired) electrons. The Hall–Kier alpha value is -1.84. The van der Waals surface area contributed by atoms with E-state index in [9.17, 15) is 4.79 Å². The molecule has 0 aliphatic heterocycles. The average molecular weight is 287 g/mol. The van der Waals surface area contributed by atoms with E-state index in [-0.39, 0.29) is 0 Å². The van der Waals surface area contributed by atoms with Crippen LogP contribution in [0.4, 0.5) is 4.79 Å². The molecule has 1 aromatic heterocycles. The second-order valence-corrected chi connectivity index (χ2v) is 5.59. The fraction of sp³-hybridized carbons (Fsp3) is 0.529. The molecule has 1 aromatic carbocycles. The van der Waals surface area contributed by atoms with Crippen molar-refractivity contribution in [2.45, 2.75) is 58.3 Å². The van der Waals surface area contributed by atoms with Crippen LogP contribution >= 0.6 is 0 Å². The maximum absolute atomic E-state index is 11.8. The summed E-state index contributed by atoms with van der Waals surface area (Å²) in [4.78, 5) is 16.5. The standard InChI is InChI=1S/C17H25N3O/c1-3-5-6-7-10-13(4-2)16-19-14-11-8-9-12-15(14)20(16)17(18)21/h8-9,11-13H,3-7,10H2,1-2H3,(H2,18,21). The Bertz CT molecular complexity index is 603. The highest BCUT2D eigenvalue weighted by Gasteiger charge is 2.21. The monoisotopic (exact) mass is 287 g/mol. The van der Waals surface area contributed by atoms with Crippen LogP contribution in [0.5, 0.6) is 0 Å². The first-order chi connectivity index (χ1) is 10.2. The van der Waals surface area contributed by atoms with Gasteiger partial charge in [-0.1, -0.05) is 51.7 Å². The number of carbonyl (C=O) groups excluding carboxylic acids is 1. The van der Waals surface area contributed by atoms with Crippen LogP contribution in [0.25, 0.3) is 11.0 Å². The molecular weight excluding hydrogens is 262 g/mol. The molecule has 1 heterocycles. The third-order valence-corrected chi connectivity index (χ3v) is 4.07. The topological polar surface area (TPSA) is 60.9 Å². The zero-order valence-corrected chi connectivity index (χ0v) is 13.0. The van der Waals surface area contributed by atoms with Gasteiger partial charge in [-0.2, -0.15) is 0 Å². The summed E-state index contributed by atoms with van der Waals surface area (Å²) < 4.78 is 1.59. The van der Waals surface area contributed by atoms with E-state index in [1.54, 1.807) is 4.57 Å². The number of hydrogen-bond acceptors (Lipinski definition) is 2. The molecule has 0 spiro atoms. The number of nitrogens with two attached hydrogens (primary N) is 1. The zero-order valence-electron chi connectivity index (χ0n) is 13.0. The van der Waals surface area contributed by atoms with Crippen LogP contribution < -0.4 is 5.73 Å². The Labute approximate surface area is 126 Å². The second-order valence-electron chi connectivity index (χ2n) is 5.59. The van der Waals surface area contributed by atoms with Gasteiger partial charge < -0.3 is 5.73 Å². The number of rotatable bonds is 7. The summed E-state index contributed by atoms with van der Waals surface area (Å²) in [6.07, 6.45) is 6.95. The van der Waals surface area contributed by atoms with Crippen LogP contribution in [0.15, 0.2) is 24.3 Å². The average Bonchev–Trinajstić information content (AvgIpc) is 2.86. The van der Waals surface area contributed by atoms with Crippen molar-refractivity contribution in [2.75, 3.05) is 0 Å². The van der Waals surface area contributed by atoms with Gasteiger partial charge >= 0.3 is 6.03 Å². The molecule has 4 nitrogen and oxygen atoms in total. The predicted octanol–water partition coefficient (Wildman–Crippen LogP) is 4.43. The van der Waals surface area contributed by atoms with E-state index in [1.807, 2.05) is 24.3 Å². The lowest BCUT2D eigenvalue weighted by Crippen LogP contribution is -2.23. The van der Waals surface area contributed by atoms with Gasteiger partial charge in [-0.15, -0.1) is 0 Å². The van der Waals surface area contributed by atoms with Crippen LogP contribution in [0.2, 0.25) is 0 Å². The number of primary amides is 1. The molecule has 4 heteroatoms. The Morgan fingerprint density at radius 2 is 2.00 bits per heavy atom. The largest absolute Gasteiger partial charge is 0.351 e. The molecule has 114 valence electrons. The summed E-state index contributed by atoms with van der Waals surface area (Å²) in [6.45, 7) is 4.36. The van der Waals surface area contributed by atoms with Gasteiger partial charge in [-0.05, 0) is 25.0 Å². The Balaban J connectivity index is 2.29. The minimum atomic E-state index is -0.439. The van der Waals surface area contributed by atoms with E-state index < -0.39 is 6.03 Å². The van der Waals surface area contributed by atoms with E-state index >= 15 is 0 Å². The lowest BCUT2D eigenvalue weighted by Gasteiger charge is -2.15. The van der Waals surface area contributed by atoms with Crippen LogP contribution in [0.1, 0.15) is 64.1 Å². The number of imidazole rings is 1. The Kier molecular flexibility index (Phi) is 5.37. The molecule has 2 aromatic rings. The van der Waals surface area contributed by atoms with E-state index in [1.165, 1.54) is 25.7 Å². The van der Waals surface area contributed by atoms with Crippen LogP contribution in [-0.2, 0) is 0 Å². The zero-order chi connectivity index (χ0) is 15.2. The first-order valence-electron chi connectivity index (χ1n) is 7.96. The number of hydrogen-bond donors (Lipinski definition) is 1. The highest BCUT2D eigenvalue weighted by molar-refractivity contribution is 5.89. The first-order valence-corrected chi connectivity index (χ1v) is 7.96. The number of carbonyl (C=O) groups is 1. The summed E-state index contributed by atoms with van der Waals surface area (Å²) >= 11 is 0. The number of nitrogens with zero attached hydrogens (tertiary/aromatic N) is 2. The van der Waals surface area contributed by atoms with Crippen molar-refractivity contribution in [3.63, 3.8) is 0 Å². The van der Waals surface area contributed by atoms with Gasteiger partial charge in [0, 0.05) is 5.92 Å². The summed E-state index contributed by atoms with van der Waals surface area (Å²) in [6, 6.07) is 7.25. The molecule has 0 bridgehead atoms. The highest BCUT2D eigenvalue weighted by atomic mass is 16.2. The molecule has 1 amide bonds. The Morgan fingerprint density at radius 1 is 1.24 bits per heavy atom. The van der Waals surface area contributed by atoms with Crippen molar-refractivity contribution in [3.05, 3.63) is 30.1 Å². The minimum Gasteiger partial charge on any atom is -0.351 e. The smallest absolute Gasteiger partial charge is 0.324 e. The fourth-order valence-electron chi connectivity index (χ4n) is 2.88. The predicted molar refractivity (Wildman–Crippen MR) is 86.5 cm³/mol. The molecule has 0 aliphatic carbocycles. The van der Waals surface area contributed by atoms with Gasteiger partial charge in [0.15, 0.2) is 0 Å². The van der Waals surface area contributed by atoms with Gasteiger partial charge in [0.2, 0.25) is 0 Å². The van der Waals surface area contributed by atoms with Gasteiger partial charge in [0.1, 0.15) is 5.82 Å². The number of fused-ring (bicyclic) bond motifs is 1. The molecule has 21 heavy (non-hydrogen) atoms. The maximum atomic E-state index is 11.8. The number of aromatic nitrogens is 2. The first kappa shape index (κ1) is 15.5. The molecule has 0 fully saturated rings. The van der Waals surface area contributed by atoms with Crippen LogP contribution in [0.3, 0.4) is 0 Å². The van der Waals surface area contributed by atoms with Crippen molar-refractivity contribution in [1.82, 2.24) is 9.55 Å². The summed E-state index contributed by atoms with van der Waals surface area (Å²) in [5.74, 6) is 1.12. The molecular formula is C17H25N3O. The van der Waals surface area contributed by atoms with Gasteiger partial charge in [0.05, 0.1) is 11.0 Å². The van der Waals surface area contributed by atoms with Crippen LogP contribution in [0, 0.1) is 0 Å². The maximum Gasteiger partial charge on any atom is 0.324 e. The van der Waals surface area contributed by atoms with Crippen LogP contribution in [-0.4, -0.2) is 15.6 Å². The lowest BCUT2D eigenvalue weighted by atomic mass is 9.97. The SMILES string of the molecule is CCCCCCC(CC)c1nc2ccccc2n1C(N)=O. The Morgan fingerprint density at radius 3 is 2.67 bits per heavy atom. The number of amides is 1. The fourth-order valence-corrected chi connectivity index (χ4v) is 2.88. The quantitative estimate of drug-likeness (QED) is 0.766. The molecule has 0 aliphatic rings. The van der Waals surface area contributed by atoms with Crippen molar-refractivity contribution >= 4 is 17.1 Å². The number of benzene rings is 1. The summed E-state index contributed by atoms with van der Waals surface area (Å²) in [5.41, 5.74) is 7.24. The molecule has 2 N–H and O–H groups in total. The number of unbranched alkanes of at least 4 members (excludes halogenated alkanes) is 3. The van der Waals surface area contributed by atoms with Gasteiger partial charge in [-0.25, -0.2) is 14.3 Å². The van der Waals surface area contributed by atoms with E-state index in [0.29, 0.717) is 5.92 Å². The number of para-hydroxylation sites is 2. The van der Waals surface area contributed by atoms with Gasteiger partial charge in [0.25, 0.3) is 0 Å². The van der Waals surface area contributed by atoms with Crippen molar-refractivity contribution in [2.24, 2.45) is 5.73 Å². The molecule has 1 unspecified atom stereocenters. The third-order valence-electron chi connectivity index (χ3n) is 4.07. The highest BCUT2D eigenvalue weighted by Crippen LogP contribution is 2.28. The van der Waals surface area contributed by atoms with Crippen molar-refractivity contribution < 1.29 is 4.79 Å². The molecule has 2 rings (SSSR count). The van der Waals surface area contributed by atoms with Crippen molar-refractivity contribution in [3.8, 4) is 0 Å².